The largest absolute Gasteiger partial charge is 0.356 e. The van der Waals surface area contributed by atoms with Crippen molar-refractivity contribution < 1.29 is 4.79 Å². The van der Waals surface area contributed by atoms with Crippen molar-refractivity contribution in [3.63, 3.8) is 0 Å². The van der Waals surface area contributed by atoms with Crippen LogP contribution in [0.25, 0.3) is 0 Å². The highest BCUT2D eigenvalue weighted by molar-refractivity contribution is 6.31. The quantitative estimate of drug-likeness (QED) is 0.807. The molecule has 4 rings (SSSR count). The van der Waals surface area contributed by atoms with E-state index in [1.54, 1.807) is 47.5 Å². The van der Waals surface area contributed by atoms with Crippen molar-refractivity contribution in [3.05, 3.63) is 58.8 Å². The van der Waals surface area contributed by atoms with E-state index in [4.69, 9.17) is 11.6 Å². The molecule has 1 aromatic carbocycles. The van der Waals surface area contributed by atoms with Gasteiger partial charge in [0.2, 0.25) is 0 Å². The Bertz CT molecular complexity index is 988. The number of ketones is 1. The summed E-state index contributed by atoms with van der Waals surface area (Å²) in [6.45, 7) is 0. The van der Waals surface area contributed by atoms with E-state index in [-0.39, 0.29) is 11.7 Å². The maximum absolute atomic E-state index is 13.2. The first-order valence-corrected chi connectivity index (χ1v) is 9.13. The van der Waals surface area contributed by atoms with Crippen molar-refractivity contribution >= 4 is 17.4 Å². The SMILES string of the molecule is N#CC1=CN2[C@@H](C(=O)C3CC3)[C@H](c3ccccc3Cl)C(C#N)(C#N)[C@H]2C=C1. The average molecular weight is 375 g/mol. The maximum Gasteiger partial charge on any atom is 0.176 e. The lowest BCUT2D eigenvalue weighted by molar-refractivity contribution is -0.124. The molecule has 3 atom stereocenters. The van der Waals surface area contributed by atoms with Gasteiger partial charge >= 0.3 is 0 Å². The molecule has 0 radical (unpaired) electrons. The lowest BCUT2D eigenvalue weighted by Gasteiger charge is -2.30. The van der Waals surface area contributed by atoms with Crippen molar-refractivity contribution in [1.82, 2.24) is 4.90 Å². The number of benzene rings is 1. The zero-order valence-electron chi connectivity index (χ0n) is 14.3. The van der Waals surface area contributed by atoms with Crippen LogP contribution in [0.4, 0.5) is 0 Å². The maximum atomic E-state index is 13.2. The first kappa shape index (κ1) is 17.3. The zero-order chi connectivity index (χ0) is 19.2. The molecule has 0 bridgehead atoms. The van der Waals surface area contributed by atoms with Gasteiger partial charge in [-0.25, -0.2) is 0 Å². The van der Waals surface area contributed by atoms with Gasteiger partial charge in [-0.1, -0.05) is 35.9 Å². The summed E-state index contributed by atoms with van der Waals surface area (Å²) in [4.78, 5) is 15.0. The molecule has 27 heavy (non-hydrogen) atoms. The van der Waals surface area contributed by atoms with Crippen LogP contribution >= 0.6 is 11.6 Å². The summed E-state index contributed by atoms with van der Waals surface area (Å²) < 4.78 is 0. The van der Waals surface area contributed by atoms with Crippen molar-refractivity contribution in [2.24, 2.45) is 11.3 Å². The normalized spacial score (nSPS) is 27.7. The van der Waals surface area contributed by atoms with E-state index in [1.807, 2.05) is 0 Å². The second kappa shape index (κ2) is 6.27. The molecule has 0 aromatic heterocycles. The van der Waals surface area contributed by atoms with E-state index < -0.39 is 23.4 Å². The molecule has 5 nitrogen and oxygen atoms in total. The van der Waals surface area contributed by atoms with E-state index in [0.717, 1.165) is 12.8 Å². The molecule has 1 saturated carbocycles. The summed E-state index contributed by atoms with van der Waals surface area (Å²) in [6, 6.07) is 12.2. The molecule has 1 aliphatic carbocycles. The number of hydrogen-bond acceptors (Lipinski definition) is 5. The van der Waals surface area contributed by atoms with Gasteiger partial charge in [0.15, 0.2) is 11.2 Å². The molecule has 0 amide bonds. The van der Waals surface area contributed by atoms with Crippen LogP contribution in [0.2, 0.25) is 5.02 Å². The number of allylic oxidation sites excluding steroid dienone is 2. The predicted octanol–water partition coefficient (Wildman–Crippen LogP) is 3.47. The van der Waals surface area contributed by atoms with Gasteiger partial charge in [0, 0.05) is 23.1 Å². The van der Waals surface area contributed by atoms with Gasteiger partial charge in [-0.3, -0.25) is 4.79 Å². The van der Waals surface area contributed by atoms with Gasteiger partial charge in [-0.05, 0) is 30.5 Å². The number of halogens is 1. The minimum Gasteiger partial charge on any atom is -0.356 e. The summed E-state index contributed by atoms with van der Waals surface area (Å²) in [5.41, 5.74) is -0.464. The number of hydrogen-bond donors (Lipinski definition) is 0. The van der Waals surface area contributed by atoms with Gasteiger partial charge in [0.25, 0.3) is 0 Å². The van der Waals surface area contributed by atoms with Crippen LogP contribution in [-0.2, 0) is 4.79 Å². The van der Waals surface area contributed by atoms with Crippen molar-refractivity contribution in [1.29, 1.82) is 15.8 Å². The fourth-order valence-corrected chi connectivity index (χ4v) is 4.50. The molecular formula is C21H15ClN4O. The summed E-state index contributed by atoms with van der Waals surface area (Å²) >= 11 is 6.43. The van der Waals surface area contributed by atoms with Crippen LogP contribution in [0.15, 0.2) is 48.2 Å². The first-order valence-electron chi connectivity index (χ1n) is 8.75. The Morgan fingerprint density at radius 2 is 1.89 bits per heavy atom. The monoisotopic (exact) mass is 374 g/mol. The molecule has 2 heterocycles. The average Bonchev–Trinajstić information content (AvgIpc) is 3.50. The predicted molar refractivity (Wildman–Crippen MR) is 97.8 cm³/mol. The Balaban J connectivity index is 1.96. The second-order valence-electron chi connectivity index (χ2n) is 7.16. The molecule has 2 fully saturated rings. The zero-order valence-corrected chi connectivity index (χ0v) is 15.1. The summed E-state index contributed by atoms with van der Waals surface area (Å²) in [5.74, 6) is -0.738. The van der Waals surface area contributed by atoms with Crippen molar-refractivity contribution in [3.8, 4) is 18.2 Å². The third-order valence-electron chi connectivity index (χ3n) is 5.67. The van der Waals surface area contributed by atoms with Gasteiger partial charge in [-0.2, -0.15) is 15.8 Å². The van der Waals surface area contributed by atoms with Crippen LogP contribution in [0, 0.1) is 45.3 Å². The fraction of sp³-hybridized carbons (Fsp3) is 0.333. The highest BCUT2D eigenvalue weighted by Gasteiger charge is 2.63. The molecule has 1 aromatic rings. The molecular weight excluding hydrogens is 360 g/mol. The van der Waals surface area contributed by atoms with E-state index in [1.165, 1.54) is 0 Å². The fourth-order valence-electron chi connectivity index (χ4n) is 4.25. The van der Waals surface area contributed by atoms with Gasteiger partial charge in [0.1, 0.15) is 6.07 Å². The highest BCUT2D eigenvalue weighted by Crippen LogP contribution is 2.55. The topological polar surface area (TPSA) is 91.7 Å². The Hall–Kier alpha value is -3.07. The summed E-state index contributed by atoms with van der Waals surface area (Å²) in [7, 11) is 0. The lowest BCUT2D eigenvalue weighted by Crippen LogP contribution is -2.40. The molecule has 0 unspecified atom stereocenters. The number of nitriles is 3. The van der Waals surface area contributed by atoms with E-state index in [9.17, 15) is 20.6 Å². The number of fused-ring (bicyclic) bond motifs is 1. The Morgan fingerprint density at radius 1 is 1.19 bits per heavy atom. The van der Waals surface area contributed by atoms with Gasteiger partial charge < -0.3 is 4.90 Å². The van der Waals surface area contributed by atoms with Crippen LogP contribution in [0.1, 0.15) is 24.3 Å². The third-order valence-corrected chi connectivity index (χ3v) is 6.02. The number of carbonyl (C=O) groups is 1. The number of nitrogens with zero attached hydrogens (tertiary/aromatic N) is 4. The van der Waals surface area contributed by atoms with Crippen LogP contribution in [0.3, 0.4) is 0 Å². The summed E-state index contributed by atoms with van der Waals surface area (Å²) in [5, 5.41) is 29.9. The molecule has 6 heteroatoms. The number of carbonyl (C=O) groups excluding carboxylic acids is 1. The molecule has 3 aliphatic rings. The first-order chi connectivity index (χ1) is 13.1. The second-order valence-corrected chi connectivity index (χ2v) is 7.57. The lowest BCUT2D eigenvalue weighted by atomic mass is 9.69. The summed E-state index contributed by atoms with van der Waals surface area (Å²) in [6.07, 6.45) is 6.54. The van der Waals surface area contributed by atoms with Crippen molar-refractivity contribution in [2.45, 2.75) is 30.8 Å². The van der Waals surface area contributed by atoms with Crippen LogP contribution in [0.5, 0.6) is 0 Å². The third kappa shape index (κ3) is 2.46. The highest BCUT2D eigenvalue weighted by atomic mass is 35.5. The molecule has 2 aliphatic heterocycles. The molecule has 0 spiro atoms. The van der Waals surface area contributed by atoms with E-state index in [2.05, 4.69) is 18.2 Å². The minimum atomic E-state index is -1.48. The standard InChI is InChI=1S/C21H15ClN4O/c22-16-4-2-1-3-15(16)18-19(20(27)14-6-7-14)26-10-13(9-23)5-8-17(26)21(18,11-24)12-25/h1-5,8,10,14,17-19H,6-7H2/t17-,18+,19-/m1/s1. The molecule has 1 saturated heterocycles. The Kier molecular flexibility index (Phi) is 4.03. The molecule has 0 N–H and O–H groups in total. The van der Waals surface area contributed by atoms with Gasteiger partial charge in [0.05, 0.1) is 29.8 Å². The smallest absolute Gasteiger partial charge is 0.176 e. The van der Waals surface area contributed by atoms with Gasteiger partial charge in [-0.15, -0.1) is 0 Å². The molecule has 132 valence electrons. The van der Waals surface area contributed by atoms with Crippen LogP contribution < -0.4 is 0 Å². The van der Waals surface area contributed by atoms with Crippen LogP contribution in [-0.4, -0.2) is 22.8 Å². The minimum absolute atomic E-state index is 0.0149. The number of Topliss-reactive ketones (excluding diaryl/α,β-unsaturated/α-hetero) is 1. The van der Waals surface area contributed by atoms with E-state index >= 15 is 0 Å². The Morgan fingerprint density at radius 3 is 2.48 bits per heavy atom. The Labute approximate surface area is 162 Å². The van der Waals surface area contributed by atoms with E-state index in [0.29, 0.717) is 16.2 Å². The van der Waals surface area contributed by atoms with Crippen molar-refractivity contribution in [2.75, 3.05) is 0 Å². The number of rotatable bonds is 3.